The summed E-state index contributed by atoms with van der Waals surface area (Å²) >= 11 is 0. The molecule has 2 aromatic carbocycles. The number of likely N-dealkylation sites (tertiary alicyclic amines) is 1. The first kappa shape index (κ1) is 17.6. The first-order valence-corrected chi connectivity index (χ1v) is 9.55. The fraction of sp³-hybridized carbons (Fsp3) is 0.318. The molecule has 0 atom stereocenters. The predicted molar refractivity (Wildman–Crippen MR) is 108 cm³/mol. The molecule has 5 heteroatoms. The van der Waals surface area contributed by atoms with Gasteiger partial charge in [-0.15, -0.1) is 10.2 Å². The van der Waals surface area contributed by atoms with Gasteiger partial charge in [-0.3, -0.25) is 4.79 Å². The van der Waals surface area contributed by atoms with Crippen molar-refractivity contribution in [1.29, 1.82) is 0 Å². The quantitative estimate of drug-likeness (QED) is 0.757. The van der Waals surface area contributed by atoms with Gasteiger partial charge >= 0.3 is 0 Å². The lowest BCUT2D eigenvalue weighted by molar-refractivity contribution is 0.0951. The summed E-state index contributed by atoms with van der Waals surface area (Å²) in [6.45, 7) is 5.82. The van der Waals surface area contributed by atoms with Crippen molar-refractivity contribution in [3.05, 3.63) is 59.7 Å². The van der Waals surface area contributed by atoms with Gasteiger partial charge in [-0.1, -0.05) is 42.0 Å². The molecule has 1 amide bonds. The fourth-order valence-corrected chi connectivity index (χ4v) is 3.67. The second-order valence-electron chi connectivity index (χ2n) is 7.11. The molecule has 0 spiro atoms. The summed E-state index contributed by atoms with van der Waals surface area (Å²) in [7, 11) is 0. The third kappa shape index (κ3) is 3.83. The number of hydrogen-bond donors (Lipinski definition) is 1. The van der Waals surface area contributed by atoms with E-state index in [-0.39, 0.29) is 5.91 Å². The molecule has 138 valence electrons. The monoisotopic (exact) mass is 360 g/mol. The zero-order valence-electron chi connectivity index (χ0n) is 15.6. The van der Waals surface area contributed by atoms with Gasteiger partial charge in [0.2, 0.25) is 0 Å². The molecular weight excluding hydrogens is 336 g/mol. The third-order valence-electron chi connectivity index (χ3n) is 5.10. The molecule has 1 saturated heterocycles. The van der Waals surface area contributed by atoms with Crippen molar-refractivity contribution in [1.82, 2.24) is 20.4 Å². The summed E-state index contributed by atoms with van der Waals surface area (Å²) in [5.41, 5.74) is 3.98. The van der Waals surface area contributed by atoms with E-state index in [9.17, 15) is 4.79 Å². The van der Waals surface area contributed by atoms with Crippen molar-refractivity contribution < 1.29 is 4.79 Å². The normalized spacial score (nSPS) is 14.6. The van der Waals surface area contributed by atoms with Crippen LogP contribution in [0, 0.1) is 6.92 Å². The summed E-state index contributed by atoms with van der Waals surface area (Å²) in [5, 5.41) is 12.7. The van der Waals surface area contributed by atoms with E-state index in [2.05, 4.69) is 20.4 Å². The molecule has 1 aromatic heterocycles. The Morgan fingerprint density at radius 2 is 1.85 bits per heavy atom. The highest BCUT2D eigenvalue weighted by Gasteiger charge is 2.20. The minimum atomic E-state index is -0.0847. The lowest BCUT2D eigenvalue weighted by Crippen LogP contribution is -2.34. The molecule has 1 N–H and O–H groups in total. The summed E-state index contributed by atoms with van der Waals surface area (Å²) in [6, 6.07) is 15.7. The molecule has 1 fully saturated rings. The van der Waals surface area contributed by atoms with Gasteiger partial charge in [0, 0.05) is 24.0 Å². The van der Waals surface area contributed by atoms with E-state index < -0.39 is 0 Å². The topological polar surface area (TPSA) is 58.1 Å². The fourth-order valence-electron chi connectivity index (χ4n) is 3.67. The van der Waals surface area contributed by atoms with Gasteiger partial charge in [0.25, 0.3) is 5.91 Å². The number of benzene rings is 2. The van der Waals surface area contributed by atoms with Gasteiger partial charge in [-0.05, 0) is 45.0 Å². The van der Waals surface area contributed by atoms with Crippen LogP contribution in [0.4, 0.5) is 0 Å². The van der Waals surface area contributed by atoms with Crippen molar-refractivity contribution in [2.45, 2.75) is 19.8 Å². The van der Waals surface area contributed by atoms with Crippen LogP contribution in [0.25, 0.3) is 22.2 Å². The van der Waals surface area contributed by atoms with E-state index in [0.29, 0.717) is 17.8 Å². The summed E-state index contributed by atoms with van der Waals surface area (Å²) in [5.74, 6) is -0.0847. The van der Waals surface area contributed by atoms with Crippen LogP contribution in [0.3, 0.4) is 0 Å². The number of rotatable bonds is 5. The van der Waals surface area contributed by atoms with Gasteiger partial charge in [-0.25, -0.2) is 0 Å². The van der Waals surface area contributed by atoms with Gasteiger partial charge < -0.3 is 10.2 Å². The molecule has 0 unspecified atom stereocenters. The Morgan fingerprint density at radius 1 is 1.07 bits per heavy atom. The number of nitrogens with one attached hydrogen (secondary N) is 1. The first-order chi connectivity index (χ1) is 13.2. The van der Waals surface area contributed by atoms with Crippen molar-refractivity contribution in [3.63, 3.8) is 0 Å². The Hall–Kier alpha value is -2.79. The Labute approximate surface area is 159 Å². The lowest BCUT2D eigenvalue weighted by Gasteiger charge is -2.16. The summed E-state index contributed by atoms with van der Waals surface area (Å²) in [4.78, 5) is 15.5. The smallest absolute Gasteiger partial charge is 0.254 e. The zero-order valence-corrected chi connectivity index (χ0v) is 15.6. The zero-order chi connectivity index (χ0) is 18.6. The molecule has 3 aromatic rings. The maximum Gasteiger partial charge on any atom is 0.254 e. The first-order valence-electron chi connectivity index (χ1n) is 9.55. The van der Waals surface area contributed by atoms with Gasteiger partial charge in [0.1, 0.15) is 5.69 Å². The average molecular weight is 360 g/mol. The molecule has 1 aliphatic heterocycles. The van der Waals surface area contributed by atoms with Crippen LogP contribution in [0.2, 0.25) is 0 Å². The molecule has 0 saturated carbocycles. The van der Waals surface area contributed by atoms with E-state index in [0.717, 1.165) is 41.7 Å². The maximum absolute atomic E-state index is 13.1. The van der Waals surface area contributed by atoms with Crippen molar-refractivity contribution >= 4 is 16.8 Å². The van der Waals surface area contributed by atoms with Crippen LogP contribution in [0.1, 0.15) is 28.8 Å². The second-order valence-corrected chi connectivity index (χ2v) is 7.11. The molecule has 0 aliphatic carbocycles. The van der Waals surface area contributed by atoms with Crippen LogP contribution < -0.4 is 5.32 Å². The minimum absolute atomic E-state index is 0.0847. The second kappa shape index (κ2) is 7.84. The molecular formula is C22H24N4O. The van der Waals surface area contributed by atoms with E-state index in [1.165, 1.54) is 12.8 Å². The van der Waals surface area contributed by atoms with Gasteiger partial charge in [0.15, 0.2) is 0 Å². The van der Waals surface area contributed by atoms with Crippen LogP contribution in [0.5, 0.6) is 0 Å². The number of carbonyl (C=O) groups excluding carboxylic acids is 1. The Morgan fingerprint density at radius 3 is 2.63 bits per heavy atom. The summed E-state index contributed by atoms with van der Waals surface area (Å²) < 4.78 is 0. The van der Waals surface area contributed by atoms with E-state index in [1.807, 2.05) is 55.5 Å². The average Bonchev–Trinajstić information content (AvgIpc) is 3.21. The maximum atomic E-state index is 13.1. The number of aryl methyl sites for hydroxylation is 1. The number of aromatic nitrogens is 2. The van der Waals surface area contributed by atoms with E-state index in [4.69, 9.17) is 0 Å². The van der Waals surface area contributed by atoms with Crippen molar-refractivity contribution in [2.24, 2.45) is 0 Å². The van der Waals surface area contributed by atoms with Crippen LogP contribution >= 0.6 is 0 Å². The summed E-state index contributed by atoms with van der Waals surface area (Å²) in [6.07, 6.45) is 2.51. The Kier molecular flexibility index (Phi) is 5.12. The Balaban J connectivity index is 1.69. The molecule has 2 heterocycles. The van der Waals surface area contributed by atoms with E-state index >= 15 is 0 Å². The number of fused-ring (bicyclic) bond motifs is 1. The molecule has 1 aliphatic rings. The predicted octanol–water partition coefficient (Wildman–Crippen LogP) is 3.43. The van der Waals surface area contributed by atoms with Crippen molar-refractivity contribution in [3.8, 4) is 11.3 Å². The third-order valence-corrected chi connectivity index (χ3v) is 5.10. The number of amides is 1. The van der Waals surface area contributed by atoms with Crippen LogP contribution in [0.15, 0.2) is 48.5 Å². The minimum Gasteiger partial charge on any atom is -0.351 e. The number of carbonyl (C=O) groups is 1. The molecule has 27 heavy (non-hydrogen) atoms. The highest BCUT2D eigenvalue weighted by atomic mass is 16.1. The lowest BCUT2D eigenvalue weighted by atomic mass is 10.00. The van der Waals surface area contributed by atoms with Crippen LogP contribution in [-0.2, 0) is 0 Å². The van der Waals surface area contributed by atoms with Crippen LogP contribution in [-0.4, -0.2) is 47.2 Å². The Bertz CT molecular complexity index is 949. The van der Waals surface area contributed by atoms with Gasteiger partial charge in [-0.2, -0.15) is 0 Å². The molecule has 0 bridgehead atoms. The largest absolute Gasteiger partial charge is 0.351 e. The molecule has 0 radical (unpaired) electrons. The highest BCUT2D eigenvalue weighted by molar-refractivity contribution is 6.10. The molecule has 4 rings (SSSR count). The van der Waals surface area contributed by atoms with Gasteiger partial charge in [0.05, 0.1) is 11.1 Å². The molecule has 5 nitrogen and oxygen atoms in total. The number of hydrogen-bond acceptors (Lipinski definition) is 4. The SMILES string of the molecule is Cc1ccc2nnc(-c3ccccc3)c(C(=O)NCCN3CCCC3)c2c1. The standard InChI is InChI=1S/C22H24N4O/c1-16-9-10-19-18(15-16)20(21(25-24-19)17-7-3-2-4-8-17)22(27)23-11-14-26-12-5-6-13-26/h2-4,7-10,15H,5-6,11-14H2,1H3,(H,23,27). The van der Waals surface area contributed by atoms with Crippen molar-refractivity contribution in [2.75, 3.05) is 26.2 Å². The van der Waals surface area contributed by atoms with E-state index in [1.54, 1.807) is 0 Å². The number of nitrogens with zero attached hydrogens (tertiary/aromatic N) is 3. The highest BCUT2D eigenvalue weighted by Crippen LogP contribution is 2.27.